The molecule has 2 aromatic rings. The summed E-state index contributed by atoms with van der Waals surface area (Å²) in [6, 6.07) is 8.12. The van der Waals surface area contributed by atoms with E-state index in [1.807, 2.05) is 36.1 Å². The van der Waals surface area contributed by atoms with Crippen molar-refractivity contribution in [2.75, 3.05) is 12.9 Å². The van der Waals surface area contributed by atoms with Crippen LogP contribution in [-0.2, 0) is 4.18 Å². The standard InChI is InChI=1S/C17H22N2O2S.CH3.Cs/c1-13-4-6-15(7-5-13)8-9-16(12-20)19-11-10-18-17(19)14(2)21-22-3;;/h4-11,14,16,20H,12H2,1-3H3;1H3;/q;-1;+1/b9-8+;;/t14-,16?;;/m0../s1. The molecule has 0 amide bonds. The van der Waals surface area contributed by atoms with Gasteiger partial charge in [-0.3, -0.25) is 0 Å². The minimum absolute atomic E-state index is 0. The Balaban J connectivity index is 0.00000264. The molecule has 4 nitrogen and oxygen atoms in total. The van der Waals surface area contributed by atoms with Crippen LogP contribution < -0.4 is 68.9 Å². The van der Waals surface area contributed by atoms with Gasteiger partial charge in [0.15, 0.2) is 0 Å². The maximum Gasteiger partial charge on any atom is 1.00 e. The molecule has 0 aliphatic rings. The zero-order valence-corrected chi connectivity index (χ0v) is 22.2. The van der Waals surface area contributed by atoms with Crippen LogP contribution in [0.3, 0.4) is 0 Å². The fraction of sp³-hybridized carbons (Fsp3) is 0.333. The summed E-state index contributed by atoms with van der Waals surface area (Å²) in [5.74, 6) is 0.807. The molecule has 0 spiro atoms. The van der Waals surface area contributed by atoms with Crippen LogP contribution in [0, 0.1) is 14.4 Å². The maximum atomic E-state index is 9.71. The van der Waals surface area contributed by atoms with Gasteiger partial charge in [-0.15, -0.1) is 0 Å². The summed E-state index contributed by atoms with van der Waals surface area (Å²) in [6.07, 6.45) is 9.36. The second kappa shape index (κ2) is 12.8. The third-order valence-corrected chi connectivity index (χ3v) is 3.92. The van der Waals surface area contributed by atoms with Crippen LogP contribution in [0.2, 0.25) is 0 Å². The fourth-order valence-corrected chi connectivity index (χ4v) is 2.62. The van der Waals surface area contributed by atoms with Crippen molar-refractivity contribution in [2.45, 2.75) is 26.0 Å². The van der Waals surface area contributed by atoms with E-state index in [-0.39, 0.29) is 95.1 Å². The average molecular weight is 466 g/mol. The molecule has 1 aromatic heterocycles. The minimum atomic E-state index is -0.160. The van der Waals surface area contributed by atoms with Gasteiger partial charge < -0.3 is 21.3 Å². The van der Waals surface area contributed by atoms with Crippen LogP contribution in [0.25, 0.3) is 6.08 Å². The van der Waals surface area contributed by atoms with Crippen molar-refractivity contribution >= 4 is 18.1 Å². The normalized spacial score (nSPS) is 13.2. The van der Waals surface area contributed by atoms with E-state index in [9.17, 15) is 5.11 Å². The number of hydrogen-bond donors (Lipinski definition) is 1. The van der Waals surface area contributed by atoms with E-state index in [1.54, 1.807) is 6.20 Å². The van der Waals surface area contributed by atoms with Gasteiger partial charge in [-0.2, -0.15) is 0 Å². The molecule has 0 radical (unpaired) electrons. The Labute approximate surface area is 208 Å². The fourth-order valence-electron chi connectivity index (χ4n) is 2.25. The Morgan fingerprint density at radius 2 is 2.00 bits per heavy atom. The van der Waals surface area contributed by atoms with Crippen molar-refractivity contribution in [2.24, 2.45) is 0 Å². The molecule has 2 rings (SSSR count). The Morgan fingerprint density at radius 1 is 1.33 bits per heavy atom. The van der Waals surface area contributed by atoms with E-state index in [0.29, 0.717) is 0 Å². The third-order valence-electron chi connectivity index (χ3n) is 3.44. The van der Waals surface area contributed by atoms with E-state index in [4.69, 9.17) is 4.18 Å². The Bertz CT molecular complexity index is 614. The third kappa shape index (κ3) is 7.01. The monoisotopic (exact) mass is 466 g/mol. The Hall–Kier alpha value is 0.492. The first-order chi connectivity index (χ1) is 10.7. The first-order valence-corrected chi connectivity index (χ1v) is 8.38. The summed E-state index contributed by atoms with van der Waals surface area (Å²) in [6.45, 7) is 4.03. The molecule has 1 aromatic carbocycles. The molecule has 126 valence electrons. The van der Waals surface area contributed by atoms with Gasteiger partial charge in [0.1, 0.15) is 11.9 Å². The van der Waals surface area contributed by atoms with Crippen LogP contribution >= 0.6 is 12.0 Å². The number of benzene rings is 1. The topological polar surface area (TPSA) is 47.3 Å². The summed E-state index contributed by atoms with van der Waals surface area (Å²) in [5.41, 5.74) is 2.34. The number of aliphatic hydroxyl groups is 1. The molecule has 0 bridgehead atoms. The average Bonchev–Trinajstić information content (AvgIpc) is 2.99. The quantitative estimate of drug-likeness (QED) is 0.493. The number of aromatic nitrogens is 2. The van der Waals surface area contributed by atoms with E-state index in [0.717, 1.165) is 11.4 Å². The molecule has 1 N–H and O–H groups in total. The zero-order valence-electron chi connectivity index (χ0n) is 15.1. The van der Waals surface area contributed by atoms with Crippen molar-refractivity contribution in [1.29, 1.82) is 0 Å². The van der Waals surface area contributed by atoms with Crippen molar-refractivity contribution in [1.82, 2.24) is 9.55 Å². The summed E-state index contributed by atoms with van der Waals surface area (Å²) >= 11 is 1.31. The maximum absolute atomic E-state index is 9.71. The number of aliphatic hydroxyl groups excluding tert-OH is 1. The molecule has 1 unspecified atom stereocenters. The van der Waals surface area contributed by atoms with Crippen molar-refractivity contribution in [3.05, 3.63) is 67.1 Å². The second-order valence-electron chi connectivity index (χ2n) is 5.12. The summed E-state index contributed by atoms with van der Waals surface area (Å²) in [4.78, 5) is 4.35. The van der Waals surface area contributed by atoms with Gasteiger partial charge in [-0.1, -0.05) is 42.0 Å². The molecule has 6 heteroatoms. The molecular weight excluding hydrogens is 441 g/mol. The van der Waals surface area contributed by atoms with Crippen LogP contribution in [0.5, 0.6) is 0 Å². The zero-order chi connectivity index (χ0) is 15.9. The predicted molar refractivity (Wildman–Crippen MR) is 98.0 cm³/mol. The van der Waals surface area contributed by atoms with Gasteiger partial charge in [0, 0.05) is 18.6 Å². The number of rotatable bonds is 7. The number of hydrogen-bond acceptors (Lipinski definition) is 4. The van der Waals surface area contributed by atoms with Crippen molar-refractivity contribution < 1.29 is 78.2 Å². The molecule has 24 heavy (non-hydrogen) atoms. The van der Waals surface area contributed by atoms with Gasteiger partial charge in [0.05, 0.1) is 12.6 Å². The van der Waals surface area contributed by atoms with Crippen LogP contribution in [-0.4, -0.2) is 27.5 Å². The molecule has 0 saturated carbocycles. The molecule has 0 aliphatic heterocycles. The molecule has 1 heterocycles. The van der Waals surface area contributed by atoms with E-state index < -0.39 is 0 Å². The van der Waals surface area contributed by atoms with E-state index in [1.165, 1.54) is 17.6 Å². The SMILES string of the molecule is CSO[C@@H](C)c1nccn1C(/C=C/c1ccc(C)cc1)CO.[CH3-].[Cs+]. The summed E-state index contributed by atoms with van der Waals surface area (Å²) in [5, 5.41) is 9.71. The van der Waals surface area contributed by atoms with Crippen LogP contribution in [0.4, 0.5) is 0 Å². The van der Waals surface area contributed by atoms with Gasteiger partial charge in [-0.05, 0) is 31.5 Å². The largest absolute Gasteiger partial charge is 1.00 e. The Kier molecular flexibility index (Phi) is 13.0. The van der Waals surface area contributed by atoms with Crippen LogP contribution in [0.1, 0.15) is 36.0 Å². The molecular formula is C18H25CsN2O2S. The first-order valence-electron chi connectivity index (χ1n) is 7.23. The molecule has 0 aliphatic carbocycles. The van der Waals surface area contributed by atoms with Gasteiger partial charge in [0.2, 0.25) is 0 Å². The number of imidazole rings is 1. The van der Waals surface area contributed by atoms with E-state index in [2.05, 4.69) is 36.2 Å². The molecule has 0 fully saturated rings. The van der Waals surface area contributed by atoms with Crippen LogP contribution in [0.15, 0.2) is 42.7 Å². The van der Waals surface area contributed by atoms with Gasteiger partial charge in [-0.25, -0.2) is 4.98 Å². The predicted octanol–water partition coefficient (Wildman–Crippen LogP) is 1.25. The summed E-state index contributed by atoms with van der Waals surface area (Å²) in [7, 11) is 0. The van der Waals surface area contributed by atoms with Crippen molar-refractivity contribution in [3.8, 4) is 0 Å². The van der Waals surface area contributed by atoms with Gasteiger partial charge in [0.25, 0.3) is 0 Å². The smallest absolute Gasteiger partial charge is 0.394 e. The molecule has 0 saturated heterocycles. The first kappa shape index (κ1) is 24.5. The number of nitrogens with zero attached hydrogens (tertiary/aromatic N) is 2. The van der Waals surface area contributed by atoms with E-state index >= 15 is 0 Å². The minimum Gasteiger partial charge on any atom is -0.394 e. The Morgan fingerprint density at radius 3 is 2.58 bits per heavy atom. The summed E-state index contributed by atoms with van der Waals surface area (Å²) < 4.78 is 7.48. The number of aryl methyl sites for hydroxylation is 1. The second-order valence-corrected chi connectivity index (χ2v) is 5.64. The van der Waals surface area contributed by atoms with Crippen molar-refractivity contribution in [3.63, 3.8) is 0 Å². The molecule has 2 atom stereocenters. The van der Waals surface area contributed by atoms with Gasteiger partial charge >= 0.3 is 68.9 Å².